The van der Waals surface area contributed by atoms with Gasteiger partial charge in [0.05, 0.1) is 7.11 Å². The van der Waals surface area contributed by atoms with Crippen LogP contribution in [0.1, 0.15) is 17.4 Å². The van der Waals surface area contributed by atoms with Crippen molar-refractivity contribution in [2.45, 2.75) is 6.92 Å². The third-order valence-electron chi connectivity index (χ3n) is 1.23. The number of nitrogens with zero attached hydrogens (tertiary/aromatic N) is 1. The average molecular weight is 186 g/mol. The molecule has 1 aromatic heterocycles. The van der Waals surface area contributed by atoms with Gasteiger partial charge in [-0.3, -0.25) is 0 Å². The number of nitrogens with one attached hydrogen (secondary N) is 1. The maximum absolute atomic E-state index is 10.9. The van der Waals surface area contributed by atoms with Crippen LogP contribution in [0.25, 0.3) is 0 Å². The van der Waals surface area contributed by atoms with Crippen molar-refractivity contribution < 1.29 is 9.53 Å². The molecule has 0 amide bonds. The lowest BCUT2D eigenvalue weighted by atomic mass is 10.5. The van der Waals surface area contributed by atoms with E-state index in [0.29, 0.717) is 5.69 Å². The van der Waals surface area contributed by atoms with Crippen LogP contribution in [0.4, 0.5) is 5.13 Å². The Bertz CT molecular complexity index is 272. The fourth-order valence-electron chi connectivity index (χ4n) is 0.704. The smallest absolute Gasteiger partial charge is 0.357 e. The molecular weight excluding hydrogens is 176 g/mol. The van der Waals surface area contributed by atoms with Crippen molar-refractivity contribution in [1.29, 1.82) is 0 Å². The number of hydrogen-bond acceptors (Lipinski definition) is 5. The Labute approximate surface area is 74.6 Å². The molecule has 0 fully saturated rings. The molecule has 0 aliphatic carbocycles. The van der Waals surface area contributed by atoms with Gasteiger partial charge in [0.15, 0.2) is 10.8 Å². The van der Waals surface area contributed by atoms with Crippen LogP contribution in [0.3, 0.4) is 0 Å². The lowest BCUT2D eigenvalue weighted by molar-refractivity contribution is 0.0595. The standard InChI is InChI=1S/C7H10N2O2S/c1-3-8-7-9-5(4-12-7)6(10)11-2/h4H,3H2,1-2H3,(H,8,9). The van der Waals surface area contributed by atoms with Crippen molar-refractivity contribution in [3.63, 3.8) is 0 Å². The molecule has 0 aliphatic heterocycles. The van der Waals surface area contributed by atoms with E-state index in [1.807, 2.05) is 6.92 Å². The first-order chi connectivity index (χ1) is 5.77. The van der Waals surface area contributed by atoms with Gasteiger partial charge in [0.1, 0.15) is 0 Å². The Balaban J connectivity index is 2.70. The summed E-state index contributed by atoms with van der Waals surface area (Å²) < 4.78 is 4.51. The van der Waals surface area contributed by atoms with Crippen LogP contribution in [0, 0.1) is 0 Å². The van der Waals surface area contributed by atoms with E-state index in [4.69, 9.17) is 0 Å². The number of thiazole rings is 1. The Morgan fingerprint density at radius 3 is 3.17 bits per heavy atom. The molecule has 66 valence electrons. The van der Waals surface area contributed by atoms with Gasteiger partial charge < -0.3 is 10.1 Å². The van der Waals surface area contributed by atoms with Gasteiger partial charge in [-0.1, -0.05) is 0 Å². The molecule has 1 aromatic rings. The second-order valence-corrected chi connectivity index (χ2v) is 2.92. The summed E-state index contributed by atoms with van der Waals surface area (Å²) in [6.07, 6.45) is 0. The van der Waals surface area contributed by atoms with Gasteiger partial charge in [-0.25, -0.2) is 9.78 Å². The predicted octanol–water partition coefficient (Wildman–Crippen LogP) is 1.36. The third kappa shape index (κ3) is 1.94. The fourth-order valence-corrected chi connectivity index (χ4v) is 1.46. The normalized spacial score (nSPS) is 9.50. The van der Waals surface area contributed by atoms with E-state index >= 15 is 0 Å². The average Bonchev–Trinajstić information content (AvgIpc) is 2.52. The van der Waals surface area contributed by atoms with Crippen molar-refractivity contribution in [2.75, 3.05) is 19.0 Å². The van der Waals surface area contributed by atoms with Crippen molar-refractivity contribution in [2.24, 2.45) is 0 Å². The lowest BCUT2D eigenvalue weighted by Gasteiger charge is -1.94. The minimum absolute atomic E-state index is 0.360. The molecule has 0 aromatic carbocycles. The van der Waals surface area contributed by atoms with Gasteiger partial charge in [0, 0.05) is 11.9 Å². The van der Waals surface area contributed by atoms with E-state index in [1.165, 1.54) is 18.4 Å². The molecule has 0 spiro atoms. The highest BCUT2D eigenvalue weighted by Gasteiger charge is 2.09. The second-order valence-electron chi connectivity index (χ2n) is 2.06. The third-order valence-corrected chi connectivity index (χ3v) is 2.03. The molecule has 0 saturated carbocycles. The molecule has 1 N–H and O–H groups in total. The molecule has 0 atom stereocenters. The lowest BCUT2D eigenvalue weighted by Crippen LogP contribution is -2.02. The molecular formula is C7H10N2O2S. The molecule has 1 heterocycles. The van der Waals surface area contributed by atoms with Crippen LogP contribution in [-0.2, 0) is 4.74 Å². The summed E-state index contributed by atoms with van der Waals surface area (Å²) in [5.41, 5.74) is 0.360. The molecule has 0 saturated heterocycles. The number of ether oxygens (including phenoxy) is 1. The van der Waals surface area contributed by atoms with Crippen LogP contribution >= 0.6 is 11.3 Å². The second kappa shape index (κ2) is 4.06. The van der Waals surface area contributed by atoms with Gasteiger partial charge >= 0.3 is 5.97 Å². The summed E-state index contributed by atoms with van der Waals surface area (Å²) in [6, 6.07) is 0. The fraction of sp³-hybridized carbons (Fsp3) is 0.429. The van der Waals surface area contributed by atoms with Gasteiger partial charge in [-0.05, 0) is 6.92 Å². The van der Waals surface area contributed by atoms with Gasteiger partial charge in [0.2, 0.25) is 0 Å². The minimum atomic E-state index is -0.393. The molecule has 0 radical (unpaired) electrons. The zero-order chi connectivity index (χ0) is 8.97. The van der Waals surface area contributed by atoms with Gasteiger partial charge in [-0.15, -0.1) is 11.3 Å². The van der Waals surface area contributed by atoms with Crippen molar-refractivity contribution in [1.82, 2.24) is 4.98 Å². The van der Waals surface area contributed by atoms with E-state index in [9.17, 15) is 4.79 Å². The Morgan fingerprint density at radius 2 is 2.58 bits per heavy atom. The summed E-state index contributed by atoms with van der Waals surface area (Å²) in [6.45, 7) is 2.77. The SMILES string of the molecule is CCNc1nc(C(=O)OC)cs1. The predicted molar refractivity (Wildman–Crippen MR) is 47.6 cm³/mol. The number of rotatable bonds is 3. The molecule has 0 aliphatic rings. The molecule has 1 rings (SSSR count). The topological polar surface area (TPSA) is 51.2 Å². The quantitative estimate of drug-likeness (QED) is 0.724. The van der Waals surface area contributed by atoms with E-state index in [0.717, 1.165) is 11.7 Å². The van der Waals surface area contributed by atoms with Crippen molar-refractivity contribution >= 4 is 22.4 Å². The Hall–Kier alpha value is -1.10. The summed E-state index contributed by atoms with van der Waals surface area (Å²) in [5, 5.41) is 5.43. The largest absolute Gasteiger partial charge is 0.464 e. The van der Waals surface area contributed by atoms with Crippen LogP contribution in [0.5, 0.6) is 0 Å². The van der Waals surface area contributed by atoms with Gasteiger partial charge in [0.25, 0.3) is 0 Å². The van der Waals surface area contributed by atoms with E-state index in [1.54, 1.807) is 5.38 Å². The van der Waals surface area contributed by atoms with E-state index in [2.05, 4.69) is 15.0 Å². The maximum Gasteiger partial charge on any atom is 0.357 e. The summed E-state index contributed by atoms with van der Waals surface area (Å²) in [5.74, 6) is -0.393. The number of anilines is 1. The summed E-state index contributed by atoms with van der Waals surface area (Å²) in [7, 11) is 1.34. The highest BCUT2D eigenvalue weighted by Crippen LogP contribution is 2.15. The van der Waals surface area contributed by atoms with Crippen LogP contribution in [0.15, 0.2) is 5.38 Å². The first-order valence-electron chi connectivity index (χ1n) is 3.55. The zero-order valence-electron chi connectivity index (χ0n) is 6.96. The monoisotopic (exact) mass is 186 g/mol. The van der Waals surface area contributed by atoms with E-state index < -0.39 is 5.97 Å². The van der Waals surface area contributed by atoms with Crippen molar-refractivity contribution in [3.8, 4) is 0 Å². The Kier molecular flexibility index (Phi) is 3.04. The maximum atomic E-state index is 10.9. The highest BCUT2D eigenvalue weighted by molar-refractivity contribution is 7.13. The number of aromatic nitrogens is 1. The first-order valence-corrected chi connectivity index (χ1v) is 4.43. The van der Waals surface area contributed by atoms with Crippen LogP contribution in [-0.4, -0.2) is 24.6 Å². The number of hydrogen-bond donors (Lipinski definition) is 1. The Morgan fingerprint density at radius 1 is 1.83 bits per heavy atom. The summed E-state index contributed by atoms with van der Waals surface area (Å²) in [4.78, 5) is 14.9. The number of carbonyl (C=O) groups excluding carboxylic acids is 1. The number of carbonyl (C=O) groups is 1. The summed E-state index contributed by atoms with van der Waals surface area (Å²) >= 11 is 1.39. The number of esters is 1. The van der Waals surface area contributed by atoms with Crippen LogP contribution in [0.2, 0.25) is 0 Å². The van der Waals surface area contributed by atoms with Crippen LogP contribution < -0.4 is 5.32 Å². The molecule has 0 unspecified atom stereocenters. The van der Waals surface area contributed by atoms with Gasteiger partial charge in [-0.2, -0.15) is 0 Å². The molecule has 0 bridgehead atoms. The first kappa shape index (κ1) is 8.99. The molecule has 4 nitrogen and oxygen atoms in total. The molecule has 5 heteroatoms. The van der Waals surface area contributed by atoms with Crippen molar-refractivity contribution in [3.05, 3.63) is 11.1 Å². The highest BCUT2D eigenvalue weighted by atomic mass is 32.1. The molecule has 12 heavy (non-hydrogen) atoms. The zero-order valence-corrected chi connectivity index (χ0v) is 7.77. The van der Waals surface area contributed by atoms with E-state index in [-0.39, 0.29) is 0 Å². The number of methoxy groups -OCH3 is 1. The minimum Gasteiger partial charge on any atom is -0.464 e.